The number of nitrogens with zero attached hydrogens (tertiary/aromatic N) is 2. The van der Waals surface area contributed by atoms with E-state index in [0.717, 1.165) is 20.1 Å². The molecule has 0 aromatic heterocycles. The van der Waals surface area contributed by atoms with Crippen LogP contribution < -0.4 is 0 Å². The highest BCUT2D eigenvalue weighted by molar-refractivity contribution is 9.10. The second kappa shape index (κ2) is 7.76. The van der Waals surface area contributed by atoms with Gasteiger partial charge >= 0.3 is 12.1 Å². The molecule has 1 N–H and O–H groups in total. The molecule has 0 aliphatic carbocycles. The number of hydrogen-bond acceptors (Lipinski definition) is 5. The van der Waals surface area contributed by atoms with Crippen molar-refractivity contribution in [1.29, 1.82) is 5.26 Å². The highest BCUT2D eigenvalue weighted by Gasteiger charge is 2.41. The standard InChI is InChI=1S/C19H15BrN2O5/c20-15-4-3-12-6-14(2-1-13(12)7-15)17(23)10-27-18(24)16-5-11(8-21)9-22(16)19(25)26/h1-4,6-7,11,16H,5,9-10H2,(H,25,26)/t11-,16+/m0/s1. The fourth-order valence-electron chi connectivity index (χ4n) is 3.07. The van der Waals surface area contributed by atoms with Crippen molar-refractivity contribution < 1.29 is 24.2 Å². The Morgan fingerprint density at radius 2 is 1.93 bits per heavy atom. The van der Waals surface area contributed by atoms with Gasteiger partial charge in [-0.25, -0.2) is 9.59 Å². The van der Waals surface area contributed by atoms with Crippen molar-refractivity contribution in [2.75, 3.05) is 13.2 Å². The number of hydrogen-bond donors (Lipinski definition) is 1. The molecule has 138 valence electrons. The number of Topliss-reactive ketones (excluding diaryl/α,β-unsaturated/α-hetero) is 1. The zero-order chi connectivity index (χ0) is 19.6. The minimum atomic E-state index is -1.29. The van der Waals surface area contributed by atoms with E-state index in [4.69, 9.17) is 15.1 Å². The highest BCUT2D eigenvalue weighted by Crippen LogP contribution is 2.24. The van der Waals surface area contributed by atoms with Crippen LogP contribution in [0.15, 0.2) is 40.9 Å². The number of benzene rings is 2. The van der Waals surface area contributed by atoms with Gasteiger partial charge in [-0.1, -0.05) is 34.1 Å². The zero-order valence-corrected chi connectivity index (χ0v) is 15.7. The molecule has 1 heterocycles. The molecule has 0 radical (unpaired) electrons. The number of rotatable bonds is 4. The Morgan fingerprint density at radius 1 is 1.22 bits per heavy atom. The smallest absolute Gasteiger partial charge is 0.408 e. The van der Waals surface area contributed by atoms with Gasteiger partial charge in [-0.2, -0.15) is 5.26 Å². The fourth-order valence-corrected chi connectivity index (χ4v) is 3.45. The first-order chi connectivity index (χ1) is 12.9. The number of carbonyl (C=O) groups excluding carboxylic acids is 2. The summed E-state index contributed by atoms with van der Waals surface area (Å²) in [5.74, 6) is -1.76. The Labute approximate surface area is 163 Å². The summed E-state index contributed by atoms with van der Waals surface area (Å²) in [5, 5.41) is 20.0. The van der Waals surface area contributed by atoms with E-state index in [0.29, 0.717) is 5.56 Å². The Kier molecular flexibility index (Phi) is 5.42. The van der Waals surface area contributed by atoms with Crippen LogP contribution in [0.4, 0.5) is 4.79 Å². The molecule has 27 heavy (non-hydrogen) atoms. The molecule has 1 aliphatic rings. The number of fused-ring (bicyclic) bond motifs is 1. The lowest BCUT2D eigenvalue weighted by Crippen LogP contribution is -2.41. The van der Waals surface area contributed by atoms with Crippen LogP contribution in [0.1, 0.15) is 16.8 Å². The number of amides is 1. The van der Waals surface area contributed by atoms with Gasteiger partial charge < -0.3 is 9.84 Å². The average molecular weight is 431 g/mol. The van der Waals surface area contributed by atoms with Crippen LogP contribution in [-0.4, -0.2) is 47.0 Å². The molecule has 1 saturated heterocycles. The Bertz CT molecular complexity index is 968. The molecule has 1 aliphatic heterocycles. The Balaban J connectivity index is 1.66. The molecule has 3 rings (SSSR count). The lowest BCUT2D eigenvalue weighted by atomic mass is 10.0. The summed E-state index contributed by atoms with van der Waals surface area (Å²) in [4.78, 5) is 36.7. The predicted octanol–water partition coefficient (Wildman–Crippen LogP) is 3.22. The van der Waals surface area contributed by atoms with Crippen molar-refractivity contribution >= 4 is 44.5 Å². The van der Waals surface area contributed by atoms with E-state index in [2.05, 4.69) is 15.9 Å². The maximum atomic E-state index is 12.3. The monoisotopic (exact) mass is 430 g/mol. The number of carbonyl (C=O) groups is 3. The largest absolute Gasteiger partial charge is 0.465 e. The zero-order valence-electron chi connectivity index (χ0n) is 14.1. The fraction of sp³-hybridized carbons (Fsp3) is 0.263. The van der Waals surface area contributed by atoms with E-state index in [9.17, 15) is 14.4 Å². The predicted molar refractivity (Wildman–Crippen MR) is 99.2 cm³/mol. The van der Waals surface area contributed by atoms with Crippen LogP contribution in [0.25, 0.3) is 10.8 Å². The SMILES string of the molecule is N#C[C@@H]1C[C@H](C(=O)OCC(=O)c2ccc3cc(Br)ccc3c2)N(C(=O)O)C1. The molecule has 8 heteroatoms. The summed E-state index contributed by atoms with van der Waals surface area (Å²) in [6.45, 7) is -0.526. The first-order valence-electron chi connectivity index (χ1n) is 8.17. The molecule has 2 atom stereocenters. The molecule has 1 fully saturated rings. The molecule has 0 unspecified atom stereocenters. The van der Waals surface area contributed by atoms with Gasteiger partial charge in [0.2, 0.25) is 0 Å². The van der Waals surface area contributed by atoms with Crippen molar-refractivity contribution in [3.63, 3.8) is 0 Å². The number of carboxylic acid groups (broad SMARTS) is 1. The van der Waals surface area contributed by atoms with Gasteiger partial charge in [-0.15, -0.1) is 0 Å². The summed E-state index contributed by atoms with van der Waals surface area (Å²) < 4.78 is 5.97. The van der Waals surface area contributed by atoms with Crippen molar-refractivity contribution in [2.24, 2.45) is 5.92 Å². The number of ether oxygens (including phenoxy) is 1. The lowest BCUT2D eigenvalue weighted by molar-refractivity contribution is -0.147. The first-order valence-corrected chi connectivity index (χ1v) is 8.96. The topological polar surface area (TPSA) is 108 Å². The van der Waals surface area contributed by atoms with Gasteiger partial charge in [0.1, 0.15) is 6.04 Å². The van der Waals surface area contributed by atoms with E-state index in [-0.39, 0.29) is 18.7 Å². The van der Waals surface area contributed by atoms with Crippen LogP contribution in [0, 0.1) is 17.2 Å². The van der Waals surface area contributed by atoms with Crippen LogP contribution in [0.3, 0.4) is 0 Å². The second-order valence-electron chi connectivity index (χ2n) is 6.25. The normalized spacial score (nSPS) is 18.9. The summed E-state index contributed by atoms with van der Waals surface area (Å²) >= 11 is 3.39. The molecule has 2 aromatic rings. The molecule has 2 aromatic carbocycles. The molecule has 7 nitrogen and oxygen atoms in total. The highest BCUT2D eigenvalue weighted by atomic mass is 79.9. The molecular formula is C19H15BrN2O5. The first kappa shape index (κ1) is 18.9. The van der Waals surface area contributed by atoms with Crippen LogP contribution in [0.5, 0.6) is 0 Å². The van der Waals surface area contributed by atoms with Crippen molar-refractivity contribution in [1.82, 2.24) is 4.90 Å². The summed E-state index contributed by atoms with van der Waals surface area (Å²) in [6.07, 6.45) is -1.22. The third-order valence-corrected chi connectivity index (χ3v) is 4.96. The molecular weight excluding hydrogens is 416 g/mol. The van der Waals surface area contributed by atoms with E-state index >= 15 is 0 Å². The molecule has 0 spiro atoms. The average Bonchev–Trinajstić information content (AvgIpc) is 3.10. The summed E-state index contributed by atoms with van der Waals surface area (Å²) in [5.41, 5.74) is 0.397. The Hall–Kier alpha value is -2.92. The van der Waals surface area contributed by atoms with Crippen molar-refractivity contribution in [2.45, 2.75) is 12.5 Å². The summed E-state index contributed by atoms with van der Waals surface area (Å²) in [6, 6.07) is 11.7. The summed E-state index contributed by atoms with van der Waals surface area (Å²) in [7, 11) is 0. The van der Waals surface area contributed by atoms with Gasteiger partial charge in [0.25, 0.3) is 0 Å². The maximum Gasteiger partial charge on any atom is 0.408 e. The molecule has 0 bridgehead atoms. The minimum absolute atomic E-state index is 0.0419. The van der Waals surface area contributed by atoms with E-state index in [1.54, 1.807) is 18.2 Å². The van der Waals surface area contributed by atoms with Crippen molar-refractivity contribution in [3.05, 3.63) is 46.4 Å². The number of ketones is 1. The van der Waals surface area contributed by atoms with Crippen molar-refractivity contribution in [3.8, 4) is 6.07 Å². The van der Waals surface area contributed by atoms with Crippen LogP contribution >= 0.6 is 15.9 Å². The van der Waals surface area contributed by atoms with Gasteiger partial charge in [-0.05, 0) is 35.4 Å². The number of likely N-dealkylation sites (tertiary alicyclic amines) is 1. The number of esters is 1. The van der Waals surface area contributed by atoms with Gasteiger partial charge in [0.05, 0.1) is 12.0 Å². The van der Waals surface area contributed by atoms with Crippen LogP contribution in [-0.2, 0) is 9.53 Å². The maximum absolute atomic E-state index is 12.3. The van der Waals surface area contributed by atoms with Gasteiger partial charge in [-0.3, -0.25) is 9.69 Å². The molecule has 1 amide bonds. The van der Waals surface area contributed by atoms with E-state index < -0.39 is 30.6 Å². The number of nitriles is 1. The van der Waals surface area contributed by atoms with Crippen LogP contribution in [0.2, 0.25) is 0 Å². The van der Waals surface area contributed by atoms with E-state index in [1.165, 1.54) is 0 Å². The molecule has 0 saturated carbocycles. The second-order valence-corrected chi connectivity index (χ2v) is 7.17. The third kappa shape index (κ3) is 4.09. The Morgan fingerprint density at radius 3 is 2.63 bits per heavy atom. The van der Waals surface area contributed by atoms with Gasteiger partial charge in [0, 0.05) is 16.6 Å². The quantitative estimate of drug-likeness (QED) is 0.589. The van der Waals surface area contributed by atoms with E-state index in [1.807, 2.05) is 24.3 Å². The van der Waals surface area contributed by atoms with Gasteiger partial charge in [0.15, 0.2) is 12.4 Å². The number of halogens is 1. The third-order valence-electron chi connectivity index (χ3n) is 4.47. The lowest BCUT2D eigenvalue weighted by Gasteiger charge is -2.19. The minimum Gasteiger partial charge on any atom is -0.465 e.